The van der Waals surface area contributed by atoms with Crippen molar-refractivity contribution in [2.75, 3.05) is 13.7 Å². The number of halogens is 1. The van der Waals surface area contributed by atoms with Gasteiger partial charge in [-0.1, -0.05) is 6.07 Å². The standard InChI is InChI=1S/C19H19FN2O6/c1-4-28-19(24)14-7-13(8-15(9-14)22(25)26)18(23)21-11(2)12-5-6-17(27-3)16(20)10-12/h5-11H,4H2,1-3H3,(H,21,23)/t11-/m1/s1. The van der Waals surface area contributed by atoms with Gasteiger partial charge in [0.1, 0.15) is 0 Å². The van der Waals surface area contributed by atoms with Gasteiger partial charge in [0.15, 0.2) is 11.6 Å². The summed E-state index contributed by atoms with van der Waals surface area (Å²) in [6.07, 6.45) is 0. The van der Waals surface area contributed by atoms with Crippen LogP contribution in [-0.4, -0.2) is 30.5 Å². The van der Waals surface area contributed by atoms with Gasteiger partial charge in [-0.05, 0) is 37.6 Å². The van der Waals surface area contributed by atoms with E-state index in [1.807, 2.05) is 0 Å². The van der Waals surface area contributed by atoms with Gasteiger partial charge in [-0.15, -0.1) is 0 Å². The number of carbonyl (C=O) groups excluding carboxylic acids is 2. The summed E-state index contributed by atoms with van der Waals surface area (Å²) >= 11 is 0. The largest absolute Gasteiger partial charge is 0.494 e. The molecular weight excluding hydrogens is 371 g/mol. The van der Waals surface area contributed by atoms with Gasteiger partial charge in [-0.25, -0.2) is 9.18 Å². The molecule has 0 aliphatic carbocycles. The number of benzene rings is 2. The third-order valence-electron chi connectivity index (χ3n) is 3.93. The Morgan fingerprint density at radius 3 is 2.46 bits per heavy atom. The third-order valence-corrected chi connectivity index (χ3v) is 3.93. The van der Waals surface area contributed by atoms with E-state index in [1.54, 1.807) is 19.9 Å². The van der Waals surface area contributed by atoms with E-state index in [9.17, 15) is 24.1 Å². The van der Waals surface area contributed by atoms with Crippen LogP contribution in [0, 0.1) is 15.9 Å². The van der Waals surface area contributed by atoms with Crippen molar-refractivity contribution in [3.05, 3.63) is 69.0 Å². The number of hydrogen-bond acceptors (Lipinski definition) is 6. The first-order valence-electron chi connectivity index (χ1n) is 8.37. The van der Waals surface area contributed by atoms with Gasteiger partial charge in [0.05, 0.1) is 30.2 Å². The molecule has 1 N–H and O–H groups in total. The molecule has 0 aliphatic heterocycles. The lowest BCUT2D eigenvalue weighted by molar-refractivity contribution is -0.384. The highest BCUT2D eigenvalue weighted by atomic mass is 19.1. The summed E-state index contributed by atoms with van der Waals surface area (Å²) in [6, 6.07) is 6.95. The van der Waals surface area contributed by atoms with E-state index in [4.69, 9.17) is 9.47 Å². The first-order chi connectivity index (χ1) is 13.3. The summed E-state index contributed by atoms with van der Waals surface area (Å²) < 4.78 is 23.6. The maximum Gasteiger partial charge on any atom is 0.338 e. The molecule has 9 heteroatoms. The van der Waals surface area contributed by atoms with Crippen molar-refractivity contribution in [2.45, 2.75) is 19.9 Å². The lowest BCUT2D eigenvalue weighted by atomic mass is 10.1. The van der Waals surface area contributed by atoms with Crippen LogP contribution in [0.25, 0.3) is 0 Å². The van der Waals surface area contributed by atoms with Crippen LogP contribution in [0.2, 0.25) is 0 Å². The van der Waals surface area contributed by atoms with Gasteiger partial charge < -0.3 is 14.8 Å². The van der Waals surface area contributed by atoms with E-state index < -0.39 is 34.3 Å². The number of nitrogens with one attached hydrogen (secondary N) is 1. The highest BCUT2D eigenvalue weighted by Gasteiger charge is 2.20. The fraction of sp³-hybridized carbons (Fsp3) is 0.263. The molecule has 0 spiro atoms. The van der Waals surface area contributed by atoms with Crippen LogP contribution < -0.4 is 10.1 Å². The molecule has 148 valence electrons. The molecule has 2 rings (SSSR count). The molecule has 0 bridgehead atoms. The zero-order valence-corrected chi connectivity index (χ0v) is 15.5. The van der Waals surface area contributed by atoms with Crippen LogP contribution in [0.15, 0.2) is 36.4 Å². The fourth-order valence-electron chi connectivity index (χ4n) is 2.50. The molecule has 0 saturated carbocycles. The van der Waals surface area contributed by atoms with Crippen molar-refractivity contribution in [1.29, 1.82) is 0 Å². The second-order valence-corrected chi connectivity index (χ2v) is 5.84. The van der Waals surface area contributed by atoms with E-state index in [-0.39, 0.29) is 23.5 Å². The second-order valence-electron chi connectivity index (χ2n) is 5.84. The summed E-state index contributed by atoms with van der Waals surface area (Å²) in [4.78, 5) is 34.9. The highest BCUT2D eigenvalue weighted by molar-refractivity contribution is 5.99. The predicted octanol–water partition coefficient (Wildman–Crippen LogP) is 3.41. The lowest BCUT2D eigenvalue weighted by Crippen LogP contribution is -2.27. The zero-order chi connectivity index (χ0) is 20.8. The number of nitro groups is 1. The summed E-state index contributed by atoms with van der Waals surface area (Å²) in [5.41, 5.74) is -0.135. The van der Waals surface area contributed by atoms with E-state index in [0.717, 1.165) is 12.1 Å². The third kappa shape index (κ3) is 4.81. The van der Waals surface area contributed by atoms with Crippen molar-refractivity contribution in [2.24, 2.45) is 0 Å². The smallest absolute Gasteiger partial charge is 0.338 e. The van der Waals surface area contributed by atoms with Gasteiger partial charge in [0.2, 0.25) is 0 Å². The number of esters is 1. The molecule has 0 heterocycles. The van der Waals surface area contributed by atoms with E-state index in [0.29, 0.717) is 5.56 Å². The van der Waals surface area contributed by atoms with Crippen molar-refractivity contribution < 1.29 is 28.4 Å². The van der Waals surface area contributed by atoms with Crippen molar-refractivity contribution in [3.63, 3.8) is 0 Å². The van der Waals surface area contributed by atoms with Crippen LogP contribution in [0.5, 0.6) is 5.75 Å². The number of amides is 1. The Balaban J connectivity index is 2.28. The van der Waals surface area contributed by atoms with E-state index in [1.165, 1.54) is 25.3 Å². The minimum absolute atomic E-state index is 0.0695. The summed E-state index contributed by atoms with van der Waals surface area (Å²) in [7, 11) is 1.34. The van der Waals surface area contributed by atoms with Gasteiger partial charge in [-0.3, -0.25) is 14.9 Å². The molecule has 0 fully saturated rings. The number of nitro benzene ring substituents is 1. The monoisotopic (exact) mass is 390 g/mol. The molecule has 2 aromatic rings. The van der Waals surface area contributed by atoms with Crippen molar-refractivity contribution in [1.82, 2.24) is 5.32 Å². The Morgan fingerprint density at radius 1 is 1.21 bits per heavy atom. The molecule has 0 unspecified atom stereocenters. The minimum atomic E-state index is -0.773. The molecule has 0 radical (unpaired) electrons. The maximum atomic E-state index is 13.9. The first kappa shape index (κ1) is 20.8. The SMILES string of the molecule is CCOC(=O)c1cc(C(=O)N[C@H](C)c2ccc(OC)c(F)c2)cc([N+](=O)[O-])c1. The zero-order valence-electron chi connectivity index (χ0n) is 15.5. The van der Waals surface area contributed by atoms with Gasteiger partial charge in [0.25, 0.3) is 11.6 Å². The fourth-order valence-corrected chi connectivity index (χ4v) is 2.50. The second kappa shape index (κ2) is 8.94. The molecule has 1 amide bonds. The Kier molecular flexibility index (Phi) is 6.64. The normalized spacial score (nSPS) is 11.4. The van der Waals surface area contributed by atoms with Crippen LogP contribution >= 0.6 is 0 Å². The Labute approximate surface area is 160 Å². The number of nitrogens with zero attached hydrogens (tertiary/aromatic N) is 1. The van der Waals surface area contributed by atoms with Crippen LogP contribution in [0.3, 0.4) is 0 Å². The molecule has 0 aromatic heterocycles. The predicted molar refractivity (Wildman–Crippen MR) is 97.9 cm³/mol. The number of non-ortho nitro benzene ring substituents is 1. The van der Waals surface area contributed by atoms with Crippen LogP contribution in [0.4, 0.5) is 10.1 Å². The summed E-state index contributed by atoms with van der Waals surface area (Å²) in [5, 5.41) is 13.7. The van der Waals surface area contributed by atoms with Crippen LogP contribution in [-0.2, 0) is 4.74 Å². The van der Waals surface area contributed by atoms with E-state index in [2.05, 4.69) is 5.32 Å². The lowest BCUT2D eigenvalue weighted by Gasteiger charge is -2.15. The Bertz CT molecular complexity index is 915. The van der Waals surface area contributed by atoms with Crippen molar-refractivity contribution in [3.8, 4) is 5.75 Å². The molecular formula is C19H19FN2O6. The summed E-state index contributed by atoms with van der Waals surface area (Å²) in [5.74, 6) is -1.94. The number of carbonyl (C=O) groups is 2. The topological polar surface area (TPSA) is 108 Å². The maximum absolute atomic E-state index is 13.9. The van der Waals surface area contributed by atoms with Crippen LogP contribution in [0.1, 0.15) is 46.2 Å². The molecule has 28 heavy (non-hydrogen) atoms. The Hall–Kier alpha value is -3.49. The van der Waals surface area contributed by atoms with Crippen molar-refractivity contribution >= 4 is 17.6 Å². The molecule has 1 atom stereocenters. The average Bonchev–Trinajstić information content (AvgIpc) is 2.67. The average molecular weight is 390 g/mol. The Morgan fingerprint density at radius 2 is 1.89 bits per heavy atom. The van der Waals surface area contributed by atoms with Gasteiger partial charge in [0, 0.05) is 17.7 Å². The number of rotatable bonds is 7. The highest BCUT2D eigenvalue weighted by Crippen LogP contribution is 2.23. The quantitative estimate of drug-likeness (QED) is 0.441. The van der Waals surface area contributed by atoms with E-state index >= 15 is 0 Å². The molecule has 8 nitrogen and oxygen atoms in total. The number of methoxy groups -OCH3 is 1. The number of ether oxygens (including phenoxy) is 2. The first-order valence-corrected chi connectivity index (χ1v) is 8.37. The van der Waals surface area contributed by atoms with Gasteiger partial charge >= 0.3 is 5.97 Å². The van der Waals surface area contributed by atoms with Gasteiger partial charge in [-0.2, -0.15) is 0 Å². The molecule has 2 aromatic carbocycles. The molecule has 0 saturated heterocycles. The molecule has 0 aliphatic rings. The number of hydrogen-bond donors (Lipinski definition) is 1. The summed E-state index contributed by atoms with van der Waals surface area (Å²) in [6.45, 7) is 3.31. The minimum Gasteiger partial charge on any atom is -0.494 e.